The molecule has 6 aromatic rings. The van der Waals surface area contributed by atoms with Crippen LogP contribution in [-0.2, 0) is 18.7 Å². The predicted octanol–water partition coefficient (Wildman–Crippen LogP) is 8.50. The normalized spacial score (nSPS) is 11.4. The largest absolute Gasteiger partial charge is 0.287 e. The van der Waals surface area contributed by atoms with Crippen molar-refractivity contribution in [2.24, 2.45) is 0 Å². The van der Waals surface area contributed by atoms with Crippen molar-refractivity contribution in [3.63, 3.8) is 0 Å². The first-order valence-electron chi connectivity index (χ1n) is 11.6. The quantitative estimate of drug-likeness (QED) is 0.134. The number of hydrogen-bond donors (Lipinski definition) is 0. The molecule has 2 aromatic carbocycles. The van der Waals surface area contributed by atoms with E-state index in [9.17, 15) is 4.79 Å². The molecule has 0 radical (unpaired) electrons. The van der Waals surface area contributed by atoms with Crippen LogP contribution in [0.15, 0.2) is 92.8 Å². The average molecular weight is 578 g/mol. The van der Waals surface area contributed by atoms with Gasteiger partial charge in [-0.1, -0.05) is 78.0 Å². The Hall–Kier alpha value is -2.75. The summed E-state index contributed by atoms with van der Waals surface area (Å²) in [5.41, 5.74) is 4.06. The zero-order chi connectivity index (χ0) is 25.2. The molecule has 0 fully saturated rings. The van der Waals surface area contributed by atoms with Crippen molar-refractivity contribution >= 4 is 67.6 Å². The number of aryl methyl sites for hydroxylation is 1. The summed E-state index contributed by atoms with van der Waals surface area (Å²) in [6, 6.07) is 22.1. The van der Waals surface area contributed by atoms with Crippen molar-refractivity contribution in [2.45, 2.75) is 23.9 Å². The number of halogens is 1. The maximum Gasteiger partial charge on any atom is 0.263 e. The van der Waals surface area contributed by atoms with Crippen molar-refractivity contribution in [1.82, 2.24) is 14.5 Å². The topological polar surface area (TPSA) is 47.8 Å². The van der Waals surface area contributed by atoms with Crippen LogP contribution < -0.4 is 5.56 Å². The molecule has 184 valence electrons. The van der Waals surface area contributed by atoms with Gasteiger partial charge < -0.3 is 0 Å². The second kappa shape index (κ2) is 10.9. The first kappa shape index (κ1) is 24.6. The van der Waals surface area contributed by atoms with Gasteiger partial charge in [-0.2, -0.15) is 0 Å². The second-order valence-corrected chi connectivity index (χ2v) is 12.3. The maximum atomic E-state index is 13.9. The van der Waals surface area contributed by atoms with Crippen LogP contribution >= 0.6 is 57.4 Å². The Morgan fingerprint density at radius 1 is 0.865 bits per heavy atom. The number of rotatable bonds is 8. The molecule has 0 atom stereocenters. The monoisotopic (exact) mass is 577 g/mol. The highest BCUT2D eigenvalue weighted by Crippen LogP contribution is 2.36. The van der Waals surface area contributed by atoms with E-state index in [4.69, 9.17) is 21.6 Å². The average Bonchev–Trinajstić information content (AvgIpc) is 3.69. The molecule has 0 saturated heterocycles. The van der Waals surface area contributed by atoms with E-state index in [-0.39, 0.29) is 5.56 Å². The zero-order valence-corrected chi connectivity index (χ0v) is 23.5. The van der Waals surface area contributed by atoms with E-state index < -0.39 is 0 Å². The third kappa shape index (κ3) is 5.17. The lowest BCUT2D eigenvalue weighted by molar-refractivity contribution is 0.596. The number of aromatic nitrogens is 3. The molecular formula is C28H20ClN3OS4. The predicted molar refractivity (Wildman–Crippen MR) is 159 cm³/mol. The Morgan fingerprint density at radius 2 is 1.70 bits per heavy atom. The number of thioether (sulfide) groups is 1. The summed E-state index contributed by atoms with van der Waals surface area (Å²) >= 11 is 12.7. The Bertz CT molecular complexity index is 1720. The van der Waals surface area contributed by atoms with Gasteiger partial charge in [0, 0.05) is 39.1 Å². The van der Waals surface area contributed by atoms with Crippen LogP contribution in [-0.4, -0.2) is 14.5 Å². The molecule has 6 rings (SSSR count). The van der Waals surface area contributed by atoms with Crippen LogP contribution in [0.25, 0.3) is 31.2 Å². The molecule has 4 aromatic heterocycles. The molecule has 0 unspecified atom stereocenters. The number of fused-ring (bicyclic) bond motifs is 1. The molecule has 0 aliphatic carbocycles. The lowest BCUT2D eigenvalue weighted by Gasteiger charge is -2.12. The van der Waals surface area contributed by atoms with E-state index in [1.54, 1.807) is 34.4 Å². The van der Waals surface area contributed by atoms with Gasteiger partial charge in [-0.25, -0.2) is 9.97 Å². The highest BCUT2D eigenvalue weighted by Gasteiger charge is 2.19. The van der Waals surface area contributed by atoms with Gasteiger partial charge in [-0.05, 0) is 29.5 Å². The summed E-state index contributed by atoms with van der Waals surface area (Å²) in [6.45, 7) is 0.565. The Balaban J connectivity index is 1.34. The number of benzene rings is 2. The molecule has 0 saturated carbocycles. The smallest absolute Gasteiger partial charge is 0.263 e. The molecular weight excluding hydrogens is 558 g/mol. The summed E-state index contributed by atoms with van der Waals surface area (Å²) in [4.78, 5) is 25.5. The Morgan fingerprint density at radius 3 is 2.51 bits per heavy atom. The Labute approximate surface area is 235 Å². The summed E-state index contributed by atoms with van der Waals surface area (Å²) in [5, 5.41) is 9.16. The minimum absolute atomic E-state index is 0.0168. The first-order chi connectivity index (χ1) is 18.2. The van der Waals surface area contributed by atoms with Crippen LogP contribution in [0.3, 0.4) is 0 Å². The van der Waals surface area contributed by atoms with Crippen LogP contribution in [0.5, 0.6) is 0 Å². The SMILES string of the molecule is O=c1c2c(-c3cccs3)csc2nc(SCc2csc(-c3ccccc3Cl)n2)n1CCc1ccccc1. The van der Waals surface area contributed by atoms with Crippen LogP contribution in [0.4, 0.5) is 0 Å². The summed E-state index contributed by atoms with van der Waals surface area (Å²) in [5.74, 6) is 0.618. The molecule has 4 heterocycles. The summed E-state index contributed by atoms with van der Waals surface area (Å²) in [6.07, 6.45) is 0.757. The van der Waals surface area contributed by atoms with E-state index in [0.29, 0.717) is 22.7 Å². The molecule has 0 N–H and O–H groups in total. The second-order valence-electron chi connectivity index (χ2n) is 8.31. The van der Waals surface area contributed by atoms with E-state index in [1.807, 2.05) is 58.5 Å². The third-order valence-corrected chi connectivity index (χ3v) is 9.96. The maximum absolute atomic E-state index is 13.9. The first-order valence-corrected chi connectivity index (χ1v) is 15.6. The van der Waals surface area contributed by atoms with Gasteiger partial charge in [0.1, 0.15) is 9.84 Å². The number of hydrogen-bond acceptors (Lipinski definition) is 7. The number of thiophene rings is 2. The van der Waals surface area contributed by atoms with E-state index >= 15 is 0 Å². The highest BCUT2D eigenvalue weighted by molar-refractivity contribution is 7.98. The number of thiazole rings is 1. The van der Waals surface area contributed by atoms with Gasteiger partial charge in [0.2, 0.25) is 0 Å². The molecule has 4 nitrogen and oxygen atoms in total. The van der Waals surface area contributed by atoms with E-state index in [1.165, 1.54) is 16.9 Å². The van der Waals surface area contributed by atoms with Crippen LogP contribution in [0, 0.1) is 0 Å². The molecule has 0 amide bonds. The fourth-order valence-corrected chi connectivity index (χ4v) is 8.05. The van der Waals surface area contributed by atoms with Crippen LogP contribution in [0.1, 0.15) is 11.3 Å². The van der Waals surface area contributed by atoms with E-state index in [0.717, 1.165) is 43.1 Å². The fourth-order valence-electron chi connectivity index (χ4n) is 4.08. The standard InChI is InChI=1S/C28H20ClN3OS4/c29-22-10-5-4-9-20(22)25-30-19(15-35-25)16-37-28-31-26-24(21(17-36-26)23-11-6-14-34-23)27(33)32(28)13-12-18-7-2-1-3-8-18/h1-11,14-15,17H,12-13,16H2. The van der Waals surface area contributed by atoms with Crippen molar-refractivity contribution in [3.05, 3.63) is 110 Å². The summed E-state index contributed by atoms with van der Waals surface area (Å²) < 4.78 is 1.84. The highest BCUT2D eigenvalue weighted by atomic mass is 35.5. The van der Waals surface area contributed by atoms with Gasteiger partial charge >= 0.3 is 0 Å². The lowest BCUT2D eigenvalue weighted by atomic mass is 10.1. The lowest BCUT2D eigenvalue weighted by Crippen LogP contribution is -2.24. The van der Waals surface area contributed by atoms with Crippen molar-refractivity contribution in [1.29, 1.82) is 0 Å². The minimum Gasteiger partial charge on any atom is -0.287 e. The molecule has 0 aliphatic rings. The van der Waals surface area contributed by atoms with Gasteiger partial charge in [0.25, 0.3) is 5.56 Å². The summed E-state index contributed by atoms with van der Waals surface area (Å²) in [7, 11) is 0. The van der Waals surface area contributed by atoms with Crippen molar-refractivity contribution < 1.29 is 0 Å². The third-order valence-electron chi connectivity index (χ3n) is 5.92. The van der Waals surface area contributed by atoms with Gasteiger partial charge in [0.15, 0.2) is 5.16 Å². The molecule has 0 bridgehead atoms. The number of nitrogens with zero attached hydrogens (tertiary/aromatic N) is 3. The molecule has 0 spiro atoms. The molecule has 9 heteroatoms. The van der Waals surface area contributed by atoms with Gasteiger partial charge in [0.05, 0.1) is 16.1 Å². The van der Waals surface area contributed by atoms with Gasteiger partial charge in [-0.15, -0.1) is 34.0 Å². The zero-order valence-electron chi connectivity index (χ0n) is 19.5. The van der Waals surface area contributed by atoms with Gasteiger partial charge in [-0.3, -0.25) is 9.36 Å². The van der Waals surface area contributed by atoms with Crippen molar-refractivity contribution in [2.75, 3.05) is 0 Å². The fraction of sp³-hybridized carbons (Fsp3) is 0.107. The van der Waals surface area contributed by atoms with Crippen molar-refractivity contribution in [3.8, 4) is 21.0 Å². The van der Waals surface area contributed by atoms with E-state index in [2.05, 4.69) is 29.0 Å². The van der Waals surface area contributed by atoms with Crippen LogP contribution in [0.2, 0.25) is 5.02 Å². The minimum atomic E-state index is 0.0168. The molecule has 0 aliphatic heterocycles. The molecule has 37 heavy (non-hydrogen) atoms. The Kier molecular flexibility index (Phi) is 7.26.